The van der Waals surface area contributed by atoms with E-state index in [0.29, 0.717) is 18.7 Å². The highest BCUT2D eigenvalue weighted by Gasteiger charge is 2.74. The molecule has 7 heteroatoms. The van der Waals surface area contributed by atoms with Gasteiger partial charge in [-0.05, 0) is 97.6 Å². The first-order valence-electron chi connectivity index (χ1n) is 19.2. The van der Waals surface area contributed by atoms with Crippen LogP contribution in [0.15, 0.2) is 101 Å². The van der Waals surface area contributed by atoms with Gasteiger partial charge in [0.1, 0.15) is 0 Å². The fourth-order valence-corrected chi connectivity index (χ4v) is 12.7. The van der Waals surface area contributed by atoms with Crippen LogP contribution in [0.4, 0.5) is 0 Å². The molecule has 6 aliphatic carbocycles. The zero-order valence-electron chi connectivity index (χ0n) is 29.9. The summed E-state index contributed by atoms with van der Waals surface area (Å²) in [6.07, 6.45) is 14.2. The van der Waals surface area contributed by atoms with Crippen molar-refractivity contribution in [2.45, 2.75) is 76.5 Å². The summed E-state index contributed by atoms with van der Waals surface area (Å²) in [7, 11) is 0. The lowest BCUT2D eigenvalue weighted by Gasteiger charge is -2.71. The molecule has 1 saturated heterocycles. The Balaban J connectivity index is 1.00. The molecular weight excluding hydrogens is 656 g/mol. The number of Topliss-reactive ketones (excluding diaryl/α,β-unsaturated/α-hetero) is 1. The van der Waals surface area contributed by atoms with Gasteiger partial charge in [0, 0.05) is 59.6 Å². The van der Waals surface area contributed by atoms with Crippen molar-refractivity contribution in [1.29, 1.82) is 0 Å². The Hall–Kier alpha value is -3.00. The SMILES string of the molecule is C[C@]12CC[C@H]3[C@]4(C=C[C@@]5(C=C4C(=O)c4ccco4)CC(O)CC[C@]35C)[C@@H]1CC[C@@]2(O)CN1CCN(C(c2ccccc2)c2ccc(Cl)cc2)CC1. The van der Waals surface area contributed by atoms with Crippen molar-refractivity contribution in [2.75, 3.05) is 32.7 Å². The second-order valence-electron chi connectivity index (χ2n) is 17.3. The number of rotatable bonds is 7. The van der Waals surface area contributed by atoms with E-state index >= 15 is 0 Å². The van der Waals surface area contributed by atoms with Crippen LogP contribution in [0.5, 0.6) is 0 Å². The molecule has 2 N–H and O–H groups in total. The third-order valence-corrected chi connectivity index (χ3v) is 15.5. The maximum atomic E-state index is 14.5. The third kappa shape index (κ3) is 4.86. The van der Waals surface area contributed by atoms with E-state index in [2.05, 4.69) is 84.3 Å². The Morgan fingerprint density at radius 1 is 0.863 bits per heavy atom. The lowest BCUT2D eigenvalue weighted by Crippen LogP contribution is -2.67. The van der Waals surface area contributed by atoms with Crippen LogP contribution in [0.3, 0.4) is 0 Å². The van der Waals surface area contributed by atoms with Crippen molar-refractivity contribution in [3.8, 4) is 0 Å². The number of aliphatic hydroxyl groups excluding tert-OH is 1. The number of fused-ring (bicyclic) bond motifs is 1. The number of ketones is 1. The largest absolute Gasteiger partial charge is 0.461 e. The molecule has 7 aliphatic rings. The Kier molecular flexibility index (Phi) is 7.96. The van der Waals surface area contributed by atoms with E-state index in [1.165, 1.54) is 11.1 Å². The lowest BCUT2D eigenvalue weighted by molar-refractivity contribution is -0.177. The maximum absolute atomic E-state index is 14.5. The van der Waals surface area contributed by atoms with Gasteiger partial charge in [0.05, 0.1) is 24.0 Å². The van der Waals surface area contributed by atoms with Crippen LogP contribution >= 0.6 is 11.6 Å². The second-order valence-corrected chi connectivity index (χ2v) is 17.7. The number of allylic oxidation sites excluding steroid dienone is 4. The molecule has 2 unspecified atom stereocenters. The smallest absolute Gasteiger partial charge is 0.224 e. The van der Waals surface area contributed by atoms with Gasteiger partial charge in [-0.15, -0.1) is 0 Å². The number of carbonyl (C=O) groups is 1. The van der Waals surface area contributed by atoms with Crippen molar-refractivity contribution in [1.82, 2.24) is 9.80 Å². The normalized spacial score (nSPS) is 39.5. The molecule has 2 spiro atoms. The minimum atomic E-state index is -0.864. The Bertz CT molecular complexity index is 1850. The fraction of sp³-hybridized carbons (Fsp3) is 0.523. The Labute approximate surface area is 307 Å². The number of piperazine rings is 1. The second kappa shape index (κ2) is 12.0. The van der Waals surface area contributed by atoms with Crippen LogP contribution in [0.1, 0.15) is 86.5 Å². The number of furan rings is 1. The number of hydrogen-bond donors (Lipinski definition) is 2. The molecule has 2 bridgehead atoms. The first kappa shape index (κ1) is 33.8. The van der Waals surface area contributed by atoms with Gasteiger partial charge < -0.3 is 14.6 Å². The molecule has 3 saturated carbocycles. The summed E-state index contributed by atoms with van der Waals surface area (Å²) in [4.78, 5) is 19.6. The van der Waals surface area contributed by atoms with Crippen LogP contribution < -0.4 is 0 Å². The van der Waals surface area contributed by atoms with Gasteiger partial charge in [-0.1, -0.05) is 86.1 Å². The monoisotopic (exact) mass is 706 g/mol. The zero-order chi connectivity index (χ0) is 35.2. The molecule has 10 rings (SSSR count). The maximum Gasteiger partial charge on any atom is 0.224 e. The van der Waals surface area contributed by atoms with Crippen LogP contribution in [0, 0.1) is 33.5 Å². The predicted molar refractivity (Wildman–Crippen MR) is 199 cm³/mol. The van der Waals surface area contributed by atoms with Gasteiger partial charge >= 0.3 is 0 Å². The zero-order valence-corrected chi connectivity index (χ0v) is 30.7. The van der Waals surface area contributed by atoms with E-state index < -0.39 is 11.0 Å². The minimum Gasteiger partial charge on any atom is -0.461 e. The van der Waals surface area contributed by atoms with Crippen LogP contribution in [0.2, 0.25) is 5.02 Å². The molecule has 4 fully saturated rings. The molecule has 0 amide bonds. The van der Waals surface area contributed by atoms with Crippen molar-refractivity contribution < 1.29 is 19.4 Å². The summed E-state index contributed by atoms with van der Waals surface area (Å²) in [5.41, 5.74) is 1.28. The van der Waals surface area contributed by atoms with E-state index in [9.17, 15) is 15.0 Å². The summed E-state index contributed by atoms with van der Waals surface area (Å²) in [5, 5.41) is 24.7. The quantitative estimate of drug-likeness (QED) is 0.191. The standard InChI is InChI=1S/C44H51ClN2O4/c1-40-17-14-33(48)27-42(40)20-21-44(34(28-42)39(49)35-9-6-26-51-35)36(40)15-18-41(2)37(44)16-19-43(41,50)29-46-22-24-47(25-23-46)38(30-7-4-3-5-8-30)31-10-12-32(45)13-11-31/h3-13,20-21,26,28,33,36-38,48,50H,14-19,22-25,27,29H2,1-2H3/t33?,36-,37-,38?,40-,41+,42+,43-,44-/m1/s1. The number of benzene rings is 2. The molecule has 6 nitrogen and oxygen atoms in total. The van der Waals surface area contributed by atoms with Gasteiger partial charge in [0.25, 0.3) is 0 Å². The number of hydrogen-bond acceptors (Lipinski definition) is 6. The van der Waals surface area contributed by atoms with E-state index in [1.807, 2.05) is 12.1 Å². The molecule has 51 heavy (non-hydrogen) atoms. The highest BCUT2D eigenvalue weighted by Crippen LogP contribution is 2.78. The molecule has 1 aromatic heterocycles. The summed E-state index contributed by atoms with van der Waals surface area (Å²) < 4.78 is 5.75. The fourth-order valence-electron chi connectivity index (χ4n) is 12.6. The summed E-state index contributed by atoms with van der Waals surface area (Å²) in [6, 6.07) is 22.7. The number of carbonyl (C=O) groups excluding carboxylic acids is 1. The average Bonchev–Trinajstić information content (AvgIpc) is 3.77. The van der Waals surface area contributed by atoms with Crippen molar-refractivity contribution in [3.05, 3.63) is 119 Å². The topological polar surface area (TPSA) is 77.1 Å². The highest BCUT2D eigenvalue weighted by molar-refractivity contribution is 6.30. The molecule has 268 valence electrons. The molecule has 9 atom stereocenters. The lowest BCUT2D eigenvalue weighted by atomic mass is 9.32. The number of nitrogens with zero attached hydrogens (tertiary/aromatic N) is 2. The molecular formula is C44H51ClN2O4. The first-order chi connectivity index (χ1) is 24.5. The minimum absolute atomic E-state index is 0.0275. The van der Waals surface area contributed by atoms with Gasteiger partial charge in [-0.3, -0.25) is 14.6 Å². The van der Waals surface area contributed by atoms with E-state index in [0.717, 1.165) is 75.3 Å². The first-order valence-corrected chi connectivity index (χ1v) is 19.6. The van der Waals surface area contributed by atoms with E-state index in [1.54, 1.807) is 18.4 Å². The predicted octanol–water partition coefficient (Wildman–Crippen LogP) is 8.11. The number of β-amino-alcohol motifs (C(OH)–C–C–N with tert-alkyl or cyclic N) is 1. The summed E-state index contributed by atoms with van der Waals surface area (Å²) in [5.74, 6) is 0.759. The van der Waals surface area contributed by atoms with Crippen molar-refractivity contribution >= 4 is 17.4 Å². The van der Waals surface area contributed by atoms with E-state index in [-0.39, 0.29) is 46.0 Å². The average molecular weight is 707 g/mol. The van der Waals surface area contributed by atoms with Crippen LogP contribution in [0.25, 0.3) is 0 Å². The molecule has 2 aromatic carbocycles. The molecule has 1 aliphatic heterocycles. The van der Waals surface area contributed by atoms with Gasteiger partial charge in [0.2, 0.25) is 5.78 Å². The molecule has 0 radical (unpaired) electrons. The van der Waals surface area contributed by atoms with Crippen molar-refractivity contribution in [3.63, 3.8) is 0 Å². The van der Waals surface area contributed by atoms with E-state index in [4.69, 9.17) is 16.0 Å². The van der Waals surface area contributed by atoms with Gasteiger partial charge in [-0.25, -0.2) is 0 Å². The number of halogens is 1. The van der Waals surface area contributed by atoms with Crippen LogP contribution in [-0.2, 0) is 0 Å². The third-order valence-electron chi connectivity index (χ3n) is 15.3. The van der Waals surface area contributed by atoms with Gasteiger partial charge in [-0.2, -0.15) is 0 Å². The van der Waals surface area contributed by atoms with Gasteiger partial charge in [0.15, 0.2) is 5.76 Å². The van der Waals surface area contributed by atoms with Crippen molar-refractivity contribution in [2.24, 2.45) is 33.5 Å². The Morgan fingerprint density at radius 2 is 1.55 bits per heavy atom. The molecule has 3 aromatic rings. The van der Waals surface area contributed by atoms with Crippen LogP contribution in [-0.4, -0.2) is 70.2 Å². The number of aliphatic hydroxyl groups is 2. The summed E-state index contributed by atoms with van der Waals surface area (Å²) >= 11 is 6.29. The summed E-state index contributed by atoms with van der Waals surface area (Å²) in [6.45, 7) is 9.01. The highest BCUT2D eigenvalue weighted by atomic mass is 35.5. The Morgan fingerprint density at radius 3 is 2.27 bits per heavy atom. The molecule has 2 heterocycles.